The molecule has 1 aromatic heterocycles. The van der Waals surface area contributed by atoms with E-state index in [1.807, 2.05) is 13.0 Å². The summed E-state index contributed by atoms with van der Waals surface area (Å²) in [7, 11) is 1.64. The molecular weight excluding hydrogens is 164 g/mol. The topological polar surface area (TPSA) is 48.1 Å². The highest BCUT2D eigenvalue weighted by atomic mass is 16.5. The second kappa shape index (κ2) is 3.00. The predicted molar refractivity (Wildman–Crippen MR) is 50.9 cm³/mol. The van der Waals surface area contributed by atoms with Crippen LogP contribution in [-0.2, 0) is 0 Å². The van der Waals surface area contributed by atoms with Crippen molar-refractivity contribution in [1.82, 2.24) is 4.98 Å². The number of hydrogen-bond donors (Lipinski definition) is 1. The van der Waals surface area contributed by atoms with Gasteiger partial charge in [0.2, 0.25) is 5.88 Å². The first kappa shape index (κ1) is 8.51. The van der Waals surface area contributed by atoms with E-state index < -0.39 is 0 Å². The van der Waals surface area contributed by atoms with Crippen LogP contribution in [0.25, 0.3) is 0 Å². The molecule has 2 rings (SSSR count). The lowest BCUT2D eigenvalue weighted by atomic mass is 10.1. The van der Waals surface area contributed by atoms with Crippen molar-refractivity contribution in [1.29, 1.82) is 0 Å². The molecule has 0 radical (unpaired) electrons. The molecule has 0 amide bonds. The second-order valence-corrected chi connectivity index (χ2v) is 3.59. The van der Waals surface area contributed by atoms with E-state index in [-0.39, 0.29) is 0 Å². The van der Waals surface area contributed by atoms with Crippen molar-refractivity contribution >= 4 is 0 Å². The second-order valence-electron chi connectivity index (χ2n) is 3.59. The van der Waals surface area contributed by atoms with E-state index in [0.29, 0.717) is 17.8 Å². The Morgan fingerprint density at radius 2 is 2.23 bits per heavy atom. The number of hydrogen-bond acceptors (Lipinski definition) is 3. The zero-order valence-corrected chi connectivity index (χ0v) is 7.95. The quantitative estimate of drug-likeness (QED) is 0.740. The van der Waals surface area contributed by atoms with Crippen LogP contribution in [-0.4, -0.2) is 18.1 Å². The number of methoxy groups -OCH3 is 1. The summed E-state index contributed by atoms with van der Waals surface area (Å²) in [5, 5.41) is 0. The molecular formula is C10H14N2O. The molecule has 2 unspecified atom stereocenters. The average Bonchev–Trinajstić information content (AvgIpc) is 2.81. The third-order valence-electron chi connectivity index (χ3n) is 2.43. The van der Waals surface area contributed by atoms with Crippen LogP contribution in [0.2, 0.25) is 0 Å². The molecule has 70 valence electrons. The van der Waals surface area contributed by atoms with Crippen LogP contribution < -0.4 is 10.5 Å². The van der Waals surface area contributed by atoms with Crippen molar-refractivity contribution in [2.45, 2.75) is 25.3 Å². The number of nitrogens with two attached hydrogens (primary N) is 1. The number of ether oxygens (including phenoxy) is 1. The highest BCUT2D eigenvalue weighted by molar-refractivity contribution is 5.32. The maximum absolute atomic E-state index is 5.78. The van der Waals surface area contributed by atoms with Gasteiger partial charge in [0, 0.05) is 23.7 Å². The van der Waals surface area contributed by atoms with Crippen LogP contribution in [0.1, 0.15) is 23.6 Å². The van der Waals surface area contributed by atoms with Crippen molar-refractivity contribution in [2.75, 3.05) is 7.11 Å². The minimum absolute atomic E-state index is 0.339. The van der Waals surface area contributed by atoms with E-state index in [0.717, 1.165) is 12.1 Å². The lowest BCUT2D eigenvalue weighted by Gasteiger charge is -2.04. The molecule has 0 aromatic carbocycles. The summed E-state index contributed by atoms with van der Waals surface area (Å²) in [6, 6.07) is 4.40. The zero-order chi connectivity index (χ0) is 9.42. The maximum Gasteiger partial charge on any atom is 0.213 e. The summed E-state index contributed by atoms with van der Waals surface area (Å²) >= 11 is 0. The minimum atomic E-state index is 0.339. The number of aryl methyl sites for hydroxylation is 1. The minimum Gasteiger partial charge on any atom is -0.481 e. The van der Waals surface area contributed by atoms with Gasteiger partial charge in [-0.15, -0.1) is 0 Å². The SMILES string of the molecule is COc1cc(C2CC2N)cc(C)n1. The van der Waals surface area contributed by atoms with Crippen molar-refractivity contribution in [3.05, 3.63) is 23.4 Å². The molecule has 1 aliphatic carbocycles. The van der Waals surface area contributed by atoms with E-state index in [1.54, 1.807) is 7.11 Å². The van der Waals surface area contributed by atoms with Crippen LogP contribution in [0.4, 0.5) is 0 Å². The van der Waals surface area contributed by atoms with Crippen LogP contribution in [0.15, 0.2) is 12.1 Å². The third-order valence-corrected chi connectivity index (χ3v) is 2.43. The summed E-state index contributed by atoms with van der Waals surface area (Å²) in [6.07, 6.45) is 1.09. The predicted octanol–water partition coefficient (Wildman–Crippen LogP) is 1.21. The fraction of sp³-hybridized carbons (Fsp3) is 0.500. The molecule has 1 saturated carbocycles. The van der Waals surface area contributed by atoms with Gasteiger partial charge in [0.15, 0.2) is 0 Å². The zero-order valence-electron chi connectivity index (χ0n) is 7.95. The highest BCUT2D eigenvalue weighted by Crippen LogP contribution is 2.39. The van der Waals surface area contributed by atoms with E-state index in [4.69, 9.17) is 10.5 Å². The summed E-state index contributed by atoms with van der Waals surface area (Å²) < 4.78 is 5.10. The van der Waals surface area contributed by atoms with E-state index in [1.165, 1.54) is 5.56 Å². The number of aromatic nitrogens is 1. The van der Waals surface area contributed by atoms with Crippen LogP contribution in [0.3, 0.4) is 0 Å². The van der Waals surface area contributed by atoms with Crippen molar-refractivity contribution < 1.29 is 4.74 Å². The average molecular weight is 178 g/mol. The maximum atomic E-state index is 5.78. The van der Waals surface area contributed by atoms with Crippen LogP contribution in [0.5, 0.6) is 5.88 Å². The molecule has 3 nitrogen and oxygen atoms in total. The molecule has 0 bridgehead atoms. The molecule has 0 spiro atoms. The third kappa shape index (κ3) is 1.65. The van der Waals surface area contributed by atoms with Crippen molar-refractivity contribution in [3.8, 4) is 5.88 Å². The van der Waals surface area contributed by atoms with Gasteiger partial charge in [-0.3, -0.25) is 0 Å². The first-order chi connectivity index (χ1) is 6.20. The molecule has 1 heterocycles. The molecule has 2 N–H and O–H groups in total. The van der Waals surface area contributed by atoms with Gasteiger partial charge in [-0.05, 0) is 25.0 Å². The van der Waals surface area contributed by atoms with Gasteiger partial charge in [0.1, 0.15) is 0 Å². The van der Waals surface area contributed by atoms with Crippen molar-refractivity contribution in [2.24, 2.45) is 5.73 Å². The Morgan fingerprint density at radius 3 is 2.77 bits per heavy atom. The Bertz CT molecular complexity index is 325. The largest absolute Gasteiger partial charge is 0.481 e. The first-order valence-corrected chi connectivity index (χ1v) is 4.49. The van der Waals surface area contributed by atoms with Gasteiger partial charge in [-0.1, -0.05) is 0 Å². The normalized spacial score (nSPS) is 25.8. The van der Waals surface area contributed by atoms with Gasteiger partial charge < -0.3 is 10.5 Å². The Balaban J connectivity index is 2.30. The van der Waals surface area contributed by atoms with Gasteiger partial charge >= 0.3 is 0 Å². The summed E-state index contributed by atoms with van der Waals surface area (Å²) in [5.41, 5.74) is 8.03. The molecule has 1 fully saturated rings. The number of nitrogens with zero attached hydrogens (tertiary/aromatic N) is 1. The van der Waals surface area contributed by atoms with Crippen molar-refractivity contribution in [3.63, 3.8) is 0 Å². The molecule has 0 saturated heterocycles. The van der Waals surface area contributed by atoms with Gasteiger partial charge in [0.05, 0.1) is 7.11 Å². The fourth-order valence-electron chi connectivity index (χ4n) is 1.58. The Morgan fingerprint density at radius 1 is 1.54 bits per heavy atom. The van der Waals surface area contributed by atoms with Gasteiger partial charge in [-0.2, -0.15) is 0 Å². The Kier molecular flexibility index (Phi) is 1.96. The lowest BCUT2D eigenvalue weighted by Crippen LogP contribution is -2.02. The van der Waals surface area contributed by atoms with E-state index in [2.05, 4.69) is 11.1 Å². The standard InChI is InChI=1S/C10H14N2O/c1-6-3-7(8-5-9(8)11)4-10(12-6)13-2/h3-4,8-9H,5,11H2,1-2H3. The summed E-state index contributed by atoms with van der Waals surface area (Å²) in [4.78, 5) is 4.22. The van der Waals surface area contributed by atoms with Gasteiger partial charge in [0.25, 0.3) is 0 Å². The molecule has 13 heavy (non-hydrogen) atoms. The smallest absolute Gasteiger partial charge is 0.213 e. The number of rotatable bonds is 2. The van der Waals surface area contributed by atoms with E-state index >= 15 is 0 Å². The number of pyridine rings is 1. The lowest BCUT2D eigenvalue weighted by molar-refractivity contribution is 0.396. The molecule has 0 aliphatic heterocycles. The highest BCUT2D eigenvalue weighted by Gasteiger charge is 2.35. The van der Waals surface area contributed by atoms with Gasteiger partial charge in [-0.25, -0.2) is 4.98 Å². The molecule has 1 aromatic rings. The fourth-order valence-corrected chi connectivity index (χ4v) is 1.58. The molecule has 2 atom stereocenters. The van der Waals surface area contributed by atoms with E-state index in [9.17, 15) is 0 Å². The monoisotopic (exact) mass is 178 g/mol. The Labute approximate surface area is 77.9 Å². The summed E-state index contributed by atoms with van der Waals surface area (Å²) in [5.74, 6) is 1.21. The summed E-state index contributed by atoms with van der Waals surface area (Å²) in [6.45, 7) is 1.97. The van der Waals surface area contributed by atoms with Crippen LogP contribution >= 0.6 is 0 Å². The molecule has 3 heteroatoms. The Hall–Kier alpha value is -1.09. The molecule has 1 aliphatic rings. The first-order valence-electron chi connectivity index (χ1n) is 4.49. The van der Waals surface area contributed by atoms with Crippen LogP contribution in [0, 0.1) is 6.92 Å².